The molecule has 0 aliphatic heterocycles. The lowest BCUT2D eigenvalue weighted by Gasteiger charge is -2.32. The standard InChI is InChI=1S/C28H39Cl2FN4S/c1-3-5-6-7-8-9-10-11-16-34(23(19-32)17-21-12-14-22(31)15-13-21)26-18-24(28(30)36-26)27-25(29)20-33-35(27)4-2/h12-15,18,20,23H,3-11,16-17,19,32H2,1-2H3/t23-/m0/s1. The molecule has 198 valence electrons. The topological polar surface area (TPSA) is 47.1 Å². The summed E-state index contributed by atoms with van der Waals surface area (Å²) < 4.78 is 16.0. The second kappa shape index (κ2) is 15.0. The van der Waals surface area contributed by atoms with Gasteiger partial charge in [-0.15, -0.1) is 11.3 Å². The fourth-order valence-corrected chi connectivity index (χ4v) is 6.24. The molecule has 0 fully saturated rings. The predicted octanol–water partition coefficient (Wildman–Crippen LogP) is 8.59. The Hall–Kier alpha value is -1.60. The van der Waals surface area contributed by atoms with Gasteiger partial charge in [0.15, 0.2) is 0 Å². The molecule has 1 atom stereocenters. The lowest BCUT2D eigenvalue weighted by atomic mass is 10.0. The Kier molecular flexibility index (Phi) is 12.0. The molecule has 0 saturated heterocycles. The van der Waals surface area contributed by atoms with Crippen molar-refractivity contribution in [1.29, 1.82) is 0 Å². The van der Waals surface area contributed by atoms with Gasteiger partial charge in [0.1, 0.15) is 10.2 Å². The number of benzene rings is 1. The van der Waals surface area contributed by atoms with Crippen LogP contribution in [0.2, 0.25) is 9.36 Å². The first kappa shape index (κ1) is 29.0. The van der Waals surface area contributed by atoms with Crippen molar-refractivity contribution in [2.24, 2.45) is 5.73 Å². The number of hydrogen-bond acceptors (Lipinski definition) is 4. The van der Waals surface area contributed by atoms with Crippen LogP contribution in [0.4, 0.5) is 9.39 Å². The van der Waals surface area contributed by atoms with Gasteiger partial charge in [0.25, 0.3) is 0 Å². The molecule has 2 heterocycles. The van der Waals surface area contributed by atoms with Crippen molar-refractivity contribution in [3.8, 4) is 11.3 Å². The number of halogens is 3. The van der Waals surface area contributed by atoms with E-state index >= 15 is 0 Å². The van der Waals surface area contributed by atoms with E-state index in [9.17, 15) is 4.39 Å². The maximum Gasteiger partial charge on any atom is 0.123 e. The molecular weight excluding hydrogens is 514 g/mol. The smallest absolute Gasteiger partial charge is 0.123 e. The average Bonchev–Trinajstić information content (AvgIpc) is 3.44. The SMILES string of the molecule is CCCCCCCCCCN(c1cc(-c2c(Cl)cnn2CC)c(Cl)s1)[C@H](CN)Cc1ccc(F)cc1. The zero-order chi connectivity index (χ0) is 25.9. The second-order valence-corrected chi connectivity index (χ2v) is 11.4. The molecule has 2 N–H and O–H groups in total. The summed E-state index contributed by atoms with van der Waals surface area (Å²) >= 11 is 14.8. The Morgan fingerprint density at radius 3 is 2.33 bits per heavy atom. The van der Waals surface area contributed by atoms with Crippen molar-refractivity contribution in [2.75, 3.05) is 18.0 Å². The minimum absolute atomic E-state index is 0.0779. The zero-order valence-corrected chi connectivity index (χ0v) is 23.8. The summed E-state index contributed by atoms with van der Waals surface area (Å²) in [5, 5.41) is 6.06. The number of aromatic nitrogens is 2. The molecular formula is C28H39Cl2FN4S. The summed E-state index contributed by atoms with van der Waals surface area (Å²) in [5.74, 6) is -0.224. The van der Waals surface area contributed by atoms with Crippen molar-refractivity contribution in [3.63, 3.8) is 0 Å². The van der Waals surface area contributed by atoms with E-state index in [0.717, 1.165) is 41.2 Å². The van der Waals surface area contributed by atoms with E-state index in [4.69, 9.17) is 28.9 Å². The fraction of sp³-hybridized carbons (Fsp3) is 0.536. The molecule has 36 heavy (non-hydrogen) atoms. The largest absolute Gasteiger partial charge is 0.359 e. The van der Waals surface area contributed by atoms with Crippen molar-refractivity contribution in [2.45, 2.75) is 84.2 Å². The van der Waals surface area contributed by atoms with E-state index in [1.807, 2.05) is 23.7 Å². The molecule has 0 amide bonds. The van der Waals surface area contributed by atoms with Gasteiger partial charge in [0.2, 0.25) is 0 Å². The maximum absolute atomic E-state index is 13.5. The third-order valence-corrected chi connectivity index (χ3v) is 8.33. The highest BCUT2D eigenvalue weighted by Crippen LogP contribution is 2.43. The van der Waals surface area contributed by atoms with Crippen LogP contribution in [-0.4, -0.2) is 28.9 Å². The fourth-order valence-electron chi connectivity index (χ4n) is 4.63. The number of anilines is 1. The highest BCUT2D eigenvalue weighted by molar-refractivity contribution is 7.20. The Bertz CT molecular complexity index is 1050. The number of thiophene rings is 1. The van der Waals surface area contributed by atoms with Crippen molar-refractivity contribution < 1.29 is 4.39 Å². The summed E-state index contributed by atoms with van der Waals surface area (Å²) in [4.78, 5) is 2.39. The van der Waals surface area contributed by atoms with E-state index in [-0.39, 0.29) is 11.9 Å². The van der Waals surface area contributed by atoms with Crippen molar-refractivity contribution >= 4 is 39.5 Å². The Balaban J connectivity index is 1.79. The first-order valence-corrected chi connectivity index (χ1v) is 14.8. The summed E-state index contributed by atoms with van der Waals surface area (Å²) in [7, 11) is 0. The second-order valence-electron chi connectivity index (χ2n) is 9.32. The van der Waals surface area contributed by atoms with E-state index in [0.29, 0.717) is 22.4 Å². The highest BCUT2D eigenvalue weighted by Gasteiger charge is 2.24. The zero-order valence-electron chi connectivity index (χ0n) is 21.5. The summed E-state index contributed by atoms with van der Waals surface area (Å²) in [6.45, 7) is 6.39. The van der Waals surface area contributed by atoms with Gasteiger partial charge >= 0.3 is 0 Å². The summed E-state index contributed by atoms with van der Waals surface area (Å²) in [6.07, 6.45) is 12.5. The van der Waals surface area contributed by atoms with Crippen LogP contribution in [0.15, 0.2) is 36.5 Å². The van der Waals surface area contributed by atoms with Crippen LogP contribution >= 0.6 is 34.5 Å². The van der Waals surface area contributed by atoms with Crippen LogP contribution in [0.1, 0.15) is 70.8 Å². The van der Waals surface area contributed by atoms with Gasteiger partial charge in [0.05, 0.1) is 21.9 Å². The number of aryl methyl sites for hydroxylation is 1. The van der Waals surface area contributed by atoms with Gasteiger partial charge in [-0.2, -0.15) is 5.10 Å². The maximum atomic E-state index is 13.5. The van der Waals surface area contributed by atoms with Crippen molar-refractivity contribution in [1.82, 2.24) is 9.78 Å². The monoisotopic (exact) mass is 552 g/mol. The Morgan fingerprint density at radius 2 is 1.69 bits per heavy atom. The molecule has 0 bridgehead atoms. The number of rotatable bonds is 16. The van der Waals surface area contributed by atoms with Crippen LogP contribution < -0.4 is 10.6 Å². The molecule has 1 aromatic carbocycles. The molecule has 0 spiro atoms. The Morgan fingerprint density at radius 1 is 1.03 bits per heavy atom. The predicted molar refractivity (Wildman–Crippen MR) is 154 cm³/mol. The number of unbranched alkanes of at least 4 members (excludes halogenated alkanes) is 7. The lowest BCUT2D eigenvalue weighted by molar-refractivity contribution is 0.543. The van der Waals surface area contributed by atoms with E-state index < -0.39 is 0 Å². The first-order chi connectivity index (χ1) is 17.5. The molecule has 0 aliphatic carbocycles. The molecule has 3 aromatic rings. The third-order valence-electron chi connectivity index (χ3n) is 6.66. The molecule has 0 aliphatic rings. The van der Waals surface area contributed by atoms with Crippen LogP contribution in [0.25, 0.3) is 11.3 Å². The number of nitrogens with zero attached hydrogens (tertiary/aromatic N) is 3. The molecule has 4 nitrogen and oxygen atoms in total. The van der Waals surface area contributed by atoms with Crippen LogP contribution in [-0.2, 0) is 13.0 Å². The van der Waals surface area contributed by atoms with Crippen LogP contribution in [0, 0.1) is 5.82 Å². The minimum Gasteiger partial charge on any atom is -0.359 e. The molecule has 0 unspecified atom stereocenters. The van der Waals surface area contributed by atoms with Gasteiger partial charge in [-0.05, 0) is 43.5 Å². The number of nitrogens with two attached hydrogens (primary N) is 1. The molecule has 2 aromatic heterocycles. The van der Waals surface area contributed by atoms with E-state index in [2.05, 4.69) is 23.0 Å². The summed E-state index contributed by atoms with van der Waals surface area (Å²) in [6, 6.07) is 8.92. The van der Waals surface area contributed by atoms with E-state index in [1.165, 1.54) is 57.1 Å². The lowest BCUT2D eigenvalue weighted by Crippen LogP contribution is -2.42. The normalized spacial score (nSPS) is 12.3. The molecule has 8 heteroatoms. The van der Waals surface area contributed by atoms with Crippen LogP contribution in [0.3, 0.4) is 0 Å². The Labute approximate surface area is 229 Å². The van der Waals surface area contributed by atoms with Gasteiger partial charge < -0.3 is 10.6 Å². The quantitative estimate of drug-likeness (QED) is 0.181. The summed E-state index contributed by atoms with van der Waals surface area (Å²) in [5.41, 5.74) is 9.14. The average molecular weight is 554 g/mol. The van der Waals surface area contributed by atoms with Gasteiger partial charge in [-0.1, -0.05) is 87.2 Å². The molecule has 0 saturated carbocycles. The highest BCUT2D eigenvalue weighted by atomic mass is 35.5. The third kappa shape index (κ3) is 7.95. The van der Waals surface area contributed by atoms with E-state index in [1.54, 1.807) is 17.5 Å². The minimum atomic E-state index is -0.224. The first-order valence-electron chi connectivity index (χ1n) is 13.2. The van der Waals surface area contributed by atoms with Crippen LogP contribution in [0.5, 0.6) is 0 Å². The van der Waals surface area contributed by atoms with Gasteiger partial charge in [0, 0.05) is 31.2 Å². The molecule has 0 radical (unpaired) electrons. The van der Waals surface area contributed by atoms with Gasteiger partial charge in [-0.25, -0.2) is 4.39 Å². The molecule has 3 rings (SSSR count). The van der Waals surface area contributed by atoms with Crippen molar-refractivity contribution in [3.05, 3.63) is 57.3 Å². The number of hydrogen-bond donors (Lipinski definition) is 1. The van der Waals surface area contributed by atoms with Gasteiger partial charge in [-0.3, -0.25) is 4.68 Å².